The highest BCUT2D eigenvalue weighted by Crippen LogP contribution is 2.42. The molecule has 0 saturated heterocycles. The third-order valence-corrected chi connectivity index (χ3v) is 5.29. The van der Waals surface area contributed by atoms with Crippen molar-refractivity contribution < 1.29 is 4.74 Å². The lowest BCUT2D eigenvalue weighted by atomic mass is 10.1. The first-order chi connectivity index (χ1) is 15.0. The molecule has 0 unspecified atom stereocenters. The molecule has 1 heterocycles. The highest BCUT2D eigenvalue weighted by atomic mass is 35.5. The highest BCUT2D eigenvalue weighted by Gasteiger charge is 2.18. The van der Waals surface area contributed by atoms with Crippen molar-refractivity contribution >= 4 is 57.9 Å². The van der Waals surface area contributed by atoms with Crippen LogP contribution in [0.2, 0.25) is 15.2 Å². The first-order valence-corrected chi connectivity index (χ1v) is 9.96. The Morgan fingerprint density at radius 1 is 1.03 bits per heavy atom. The van der Waals surface area contributed by atoms with Crippen molar-refractivity contribution in [1.29, 1.82) is 10.5 Å². The van der Waals surface area contributed by atoms with Crippen molar-refractivity contribution in [1.82, 2.24) is 15.2 Å². The molecule has 156 valence electrons. The molecular formula is C20H14Cl3N7O. The van der Waals surface area contributed by atoms with E-state index in [-0.39, 0.29) is 21.9 Å². The molecule has 0 saturated carbocycles. The molecule has 8 nitrogen and oxygen atoms in total. The van der Waals surface area contributed by atoms with Gasteiger partial charge in [-0.3, -0.25) is 0 Å². The number of halogens is 3. The minimum atomic E-state index is 0.0536. The quantitative estimate of drug-likeness (QED) is 0.450. The number of ether oxygens (including phenoxy) is 1. The molecule has 2 N–H and O–H groups in total. The molecule has 3 aromatic rings. The number of hydrogen-bond acceptors (Lipinski definition) is 8. The lowest BCUT2D eigenvalue weighted by Gasteiger charge is -2.16. The van der Waals surface area contributed by atoms with E-state index in [1.54, 1.807) is 30.3 Å². The number of nitrogens with zero attached hydrogens (tertiary/aromatic N) is 5. The van der Waals surface area contributed by atoms with Gasteiger partial charge in [-0.2, -0.15) is 15.5 Å². The van der Waals surface area contributed by atoms with Crippen LogP contribution in [-0.2, 0) is 6.42 Å². The maximum absolute atomic E-state index is 8.91. The summed E-state index contributed by atoms with van der Waals surface area (Å²) in [6.45, 7) is 0. The maximum atomic E-state index is 8.91. The van der Waals surface area contributed by atoms with Crippen molar-refractivity contribution in [3.8, 4) is 17.9 Å². The predicted octanol–water partition coefficient (Wildman–Crippen LogP) is 5.66. The van der Waals surface area contributed by atoms with E-state index in [0.29, 0.717) is 46.1 Å². The van der Waals surface area contributed by atoms with Gasteiger partial charge < -0.3 is 15.4 Å². The van der Waals surface area contributed by atoms with E-state index >= 15 is 0 Å². The summed E-state index contributed by atoms with van der Waals surface area (Å²) in [6, 6.07) is 12.6. The van der Waals surface area contributed by atoms with Gasteiger partial charge in [-0.1, -0.05) is 34.8 Å². The summed E-state index contributed by atoms with van der Waals surface area (Å²) in [7, 11) is 1.48. The van der Waals surface area contributed by atoms with Crippen LogP contribution in [0.5, 0.6) is 5.75 Å². The van der Waals surface area contributed by atoms with Gasteiger partial charge in [-0.05, 0) is 42.3 Å². The molecule has 0 radical (unpaired) electrons. The SMILES string of the molecule is COc1cc(CCC#N)c(Cl)c(Cl)c1Nc1nnc(Cl)c(Nc2ccc(C#N)cc2)n1. The van der Waals surface area contributed by atoms with Gasteiger partial charge in [0.25, 0.3) is 0 Å². The van der Waals surface area contributed by atoms with E-state index in [0.717, 1.165) is 0 Å². The van der Waals surface area contributed by atoms with E-state index in [2.05, 4.69) is 31.9 Å². The minimum Gasteiger partial charge on any atom is -0.495 e. The number of anilines is 4. The molecule has 0 fully saturated rings. The first-order valence-electron chi connectivity index (χ1n) is 8.83. The summed E-state index contributed by atoms with van der Waals surface area (Å²) in [5, 5.41) is 32.1. The fourth-order valence-electron chi connectivity index (χ4n) is 2.62. The lowest BCUT2D eigenvalue weighted by molar-refractivity contribution is 0.416. The molecule has 0 aliphatic carbocycles. The second-order valence-electron chi connectivity index (χ2n) is 6.11. The zero-order chi connectivity index (χ0) is 22.4. The standard InChI is InChI=1S/C20H14Cl3N7O/c1-31-14-9-12(3-2-8-24)15(21)16(22)17(14)27-20-28-19(18(23)29-30-20)26-13-6-4-11(10-25)5-7-13/h4-7,9H,2-3H2,1H3,(H2,26,27,28,30). The number of hydrogen-bond donors (Lipinski definition) is 2. The normalized spacial score (nSPS) is 10.1. The monoisotopic (exact) mass is 473 g/mol. The van der Waals surface area contributed by atoms with Crippen LogP contribution in [-0.4, -0.2) is 22.3 Å². The molecule has 0 amide bonds. The number of methoxy groups -OCH3 is 1. The molecular weight excluding hydrogens is 461 g/mol. The number of rotatable bonds is 7. The maximum Gasteiger partial charge on any atom is 0.249 e. The summed E-state index contributed by atoms with van der Waals surface area (Å²) < 4.78 is 5.41. The molecule has 0 atom stereocenters. The van der Waals surface area contributed by atoms with Crippen molar-refractivity contribution in [3.05, 3.63) is 56.7 Å². The molecule has 11 heteroatoms. The Balaban J connectivity index is 1.90. The third kappa shape index (κ3) is 5.25. The topological polar surface area (TPSA) is 120 Å². The molecule has 0 aliphatic rings. The summed E-state index contributed by atoms with van der Waals surface area (Å²) >= 11 is 18.9. The van der Waals surface area contributed by atoms with Gasteiger partial charge in [0.15, 0.2) is 11.0 Å². The van der Waals surface area contributed by atoms with Gasteiger partial charge in [0, 0.05) is 12.1 Å². The summed E-state index contributed by atoms with van der Waals surface area (Å²) in [4.78, 5) is 4.33. The minimum absolute atomic E-state index is 0.0536. The van der Waals surface area contributed by atoms with Crippen LogP contribution in [0.15, 0.2) is 30.3 Å². The number of nitrogens with one attached hydrogen (secondary N) is 2. The summed E-state index contributed by atoms with van der Waals surface area (Å²) in [6.07, 6.45) is 0.726. The Kier molecular flexibility index (Phi) is 7.32. The Bertz CT molecular complexity index is 1190. The molecule has 0 bridgehead atoms. The number of benzene rings is 2. The third-order valence-electron chi connectivity index (χ3n) is 4.13. The highest BCUT2D eigenvalue weighted by molar-refractivity contribution is 6.44. The van der Waals surface area contributed by atoms with Crippen LogP contribution < -0.4 is 15.4 Å². The molecule has 3 rings (SSSR count). The molecule has 0 spiro atoms. The number of nitriles is 2. The second-order valence-corrected chi connectivity index (χ2v) is 7.23. The first kappa shape index (κ1) is 22.4. The average molecular weight is 475 g/mol. The Morgan fingerprint density at radius 3 is 2.42 bits per heavy atom. The van der Waals surface area contributed by atoms with Crippen molar-refractivity contribution in [2.24, 2.45) is 0 Å². The van der Waals surface area contributed by atoms with Gasteiger partial charge in [0.2, 0.25) is 5.95 Å². The Hall–Kier alpha value is -3.30. The van der Waals surface area contributed by atoms with Crippen LogP contribution in [0.25, 0.3) is 0 Å². The van der Waals surface area contributed by atoms with Gasteiger partial charge in [-0.25, -0.2) is 0 Å². The molecule has 31 heavy (non-hydrogen) atoms. The zero-order valence-corrected chi connectivity index (χ0v) is 18.3. The Morgan fingerprint density at radius 2 is 1.77 bits per heavy atom. The van der Waals surface area contributed by atoms with Gasteiger partial charge in [0.1, 0.15) is 11.4 Å². The van der Waals surface area contributed by atoms with E-state index in [4.69, 9.17) is 50.1 Å². The lowest BCUT2D eigenvalue weighted by Crippen LogP contribution is -2.06. The molecule has 1 aromatic heterocycles. The summed E-state index contributed by atoms with van der Waals surface area (Å²) in [5.74, 6) is 0.750. The van der Waals surface area contributed by atoms with Crippen LogP contribution in [0.1, 0.15) is 17.5 Å². The van der Waals surface area contributed by atoms with Crippen molar-refractivity contribution in [3.63, 3.8) is 0 Å². The van der Waals surface area contributed by atoms with Gasteiger partial charge in [-0.15, -0.1) is 10.2 Å². The van der Waals surface area contributed by atoms with Crippen LogP contribution in [0.3, 0.4) is 0 Å². The molecule has 2 aromatic carbocycles. The average Bonchev–Trinajstić information content (AvgIpc) is 2.79. The zero-order valence-electron chi connectivity index (χ0n) is 16.1. The van der Waals surface area contributed by atoms with Crippen molar-refractivity contribution in [2.75, 3.05) is 17.7 Å². The van der Waals surface area contributed by atoms with Gasteiger partial charge in [0.05, 0.1) is 34.9 Å². The largest absolute Gasteiger partial charge is 0.495 e. The second kappa shape index (κ2) is 10.1. The van der Waals surface area contributed by atoms with Gasteiger partial charge >= 0.3 is 0 Å². The van der Waals surface area contributed by atoms with Crippen LogP contribution >= 0.6 is 34.8 Å². The van der Waals surface area contributed by atoms with E-state index < -0.39 is 0 Å². The van der Waals surface area contributed by atoms with Crippen molar-refractivity contribution in [2.45, 2.75) is 12.8 Å². The summed E-state index contributed by atoms with van der Waals surface area (Å²) in [5.41, 5.74) is 2.22. The fourth-order valence-corrected chi connectivity index (χ4v) is 3.26. The van der Waals surface area contributed by atoms with Crippen LogP contribution in [0, 0.1) is 22.7 Å². The Labute approximate surface area is 193 Å². The van der Waals surface area contributed by atoms with E-state index in [1.807, 2.05) is 6.07 Å². The number of aromatic nitrogens is 3. The smallest absolute Gasteiger partial charge is 0.249 e. The van der Waals surface area contributed by atoms with Crippen LogP contribution in [0.4, 0.5) is 23.1 Å². The predicted molar refractivity (Wildman–Crippen MR) is 120 cm³/mol. The van der Waals surface area contributed by atoms with E-state index in [1.165, 1.54) is 7.11 Å². The van der Waals surface area contributed by atoms with E-state index in [9.17, 15) is 0 Å². The fraction of sp³-hybridized carbons (Fsp3) is 0.150. The molecule has 0 aliphatic heterocycles. The number of aryl methyl sites for hydroxylation is 1.